The first-order valence-electron chi connectivity index (χ1n) is 3.86. The Morgan fingerprint density at radius 1 is 1.54 bits per heavy atom. The monoisotopic (exact) mass is 174 g/mol. The maximum atomic E-state index is 7.46. The van der Waals surface area contributed by atoms with Crippen molar-refractivity contribution >= 4 is 11.7 Å². The van der Waals surface area contributed by atoms with Gasteiger partial charge in [-0.15, -0.1) is 5.11 Å². The van der Waals surface area contributed by atoms with E-state index in [0.29, 0.717) is 0 Å². The van der Waals surface area contributed by atoms with E-state index in [0.717, 1.165) is 11.4 Å². The van der Waals surface area contributed by atoms with E-state index in [1.807, 2.05) is 6.07 Å². The first-order chi connectivity index (χ1) is 6.36. The number of nitrogens with one attached hydrogen (secondary N) is 2. The fraction of sp³-hybridized carbons (Fsp3) is 0.143. The Kier molecular flexibility index (Phi) is 1.02. The van der Waals surface area contributed by atoms with Crippen molar-refractivity contribution in [1.82, 2.24) is 9.78 Å². The number of amidine groups is 1. The number of aromatic nitrogens is 2. The lowest BCUT2D eigenvalue weighted by molar-refractivity contribution is 0.544. The van der Waals surface area contributed by atoms with Crippen LogP contribution in [0.4, 0.5) is 5.82 Å². The van der Waals surface area contributed by atoms with Gasteiger partial charge in [-0.1, -0.05) is 0 Å². The Labute approximate surface area is 73.5 Å². The average Bonchev–Trinajstić information content (AvgIpc) is 2.70. The molecule has 0 radical (unpaired) electrons. The predicted octanol–water partition coefficient (Wildman–Crippen LogP) is 1.13. The van der Waals surface area contributed by atoms with E-state index in [4.69, 9.17) is 5.41 Å². The highest BCUT2D eigenvalue weighted by Gasteiger charge is 2.30. The first-order valence-corrected chi connectivity index (χ1v) is 3.86. The van der Waals surface area contributed by atoms with E-state index in [9.17, 15) is 0 Å². The summed E-state index contributed by atoms with van der Waals surface area (Å²) in [6, 6.07) is 1.85. The third-order valence-corrected chi connectivity index (χ3v) is 2.10. The van der Waals surface area contributed by atoms with Crippen molar-refractivity contribution in [3.8, 4) is 0 Å². The van der Waals surface area contributed by atoms with E-state index < -0.39 is 0 Å². The summed E-state index contributed by atoms with van der Waals surface area (Å²) in [5.74, 6) is 1.08. The van der Waals surface area contributed by atoms with Gasteiger partial charge in [0.05, 0.1) is 11.8 Å². The van der Waals surface area contributed by atoms with Gasteiger partial charge in [0.2, 0.25) is 0 Å². The molecule has 6 heteroatoms. The van der Waals surface area contributed by atoms with Crippen LogP contribution in [0.3, 0.4) is 0 Å². The highest BCUT2D eigenvalue weighted by atomic mass is 15.4. The average molecular weight is 174 g/mol. The number of hydrogen-bond donors (Lipinski definition) is 2. The van der Waals surface area contributed by atoms with Crippen LogP contribution in [0, 0.1) is 5.41 Å². The van der Waals surface area contributed by atoms with E-state index in [1.54, 1.807) is 17.1 Å². The van der Waals surface area contributed by atoms with E-state index in [2.05, 4.69) is 20.6 Å². The van der Waals surface area contributed by atoms with Gasteiger partial charge in [-0.05, 0) is 0 Å². The molecule has 1 aromatic rings. The molecule has 2 aliphatic rings. The standard InChI is InChI=1S/C7H6N6/c8-6-4-3-9-5-1-2-10-13(5)7(4)12-11-6/h1-3,7-9H. The lowest BCUT2D eigenvalue weighted by atomic mass is 10.2. The second kappa shape index (κ2) is 2.03. The molecule has 2 aliphatic heterocycles. The zero-order valence-corrected chi connectivity index (χ0v) is 6.60. The van der Waals surface area contributed by atoms with Gasteiger partial charge in [0.25, 0.3) is 0 Å². The van der Waals surface area contributed by atoms with Crippen molar-refractivity contribution in [2.24, 2.45) is 10.2 Å². The lowest BCUT2D eigenvalue weighted by Gasteiger charge is -2.17. The Morgan fingerprint density at radius 3 is 3.38 bits per heavy atom. The summed E-state index contributed by atoms with van der Waals surface area (Å²) < 4.78 is 1.71. The smallest absolute Gasteiger partial charge is 0.195 e. The van der Waals surface area contributed by atoms with Crippen molar-refractivity contribution in [2.75, 3.05) is 5.32 Å². The zero-order valence-electron chi connectivity index (χ0n) is 6.60. The van der Waals surface area contributed by atoms with Crippen molar-refractivity contribution < 1.29 is 0 Å². The summed E-state index contributed by atoms with van der Waals surface area (Å²) in [7, 11) is 0. The molecule has 0 amide bonds. The fourth-order valence-corrected chi connectivity index (χ4v) is 1.45. The molecule has 6 nitrogen and oxygen atoms in total. The third kappa shape index (κ3) is 0.715. The number of nitrogens with zero attached hydrogens (tertiary/aromatic N) is 4. The maximum Gasteiger partial charge on any atom is 0.195 e. The molecule has 64 valence electrons. The number of fused-ring (bicyclic) bond motifs is 3. The minimum absolute atomic E-state index is 0.207. The number of rotatable bonds is 0. The zero-order chi connectivity index (χ0) is 8.84. The van der Waals surface area contributed by atoms with Crippen LogP contribution in [0.1, 0.15) is 6.17 Å². The fourth-order valence-electron chi connectivity index (χ4n) is 1.45. The van der Waals surface area contributed by atoms with Crippen molar-refractivity contribution in [3.05, 3.63) is 24.0 Å². The lowest BCUT2D eigenvalue weighted by Crippen LogP contribution is -2.18. The van der Waals surface area contributed by atoms with Crippen molar-refractivity contribution in [2.45, 2.75) is 6.17 Å². The molecule has 13 heavy (non-hydrogen) atoms. The molecule has 3 heterocycles. The number of hydrogen-bond acceptors (Lipinski definition) is 4. The summed E-state index contributed by atoms with van der Waals surface area (Å²) in [5.41, 5.74) is 0.760. The summed E-state index contributed by atoms with van der Waals surface area (Å²) in [6.45, 7) is 0. The molecule has 0 saturated carbocycles. The molecule has 0 aliphatic carbocycles. The molecule has 1 unspecified atom stereocenters. The summed E-state index contributed by atoms with van der Waals surface area (Å²) in [6.07, 6.45) is 3.21. The number of anilines is 1. The molecule has 3 rings (SSSR count). The predicted molar refractivity (Wildman–Crippen MR) is 45.6 cm³/mol. The molecule has 0 spiro atoms. The van der Waals surface area contributed by atoms with E-state index in [-0.39, 0.29) is 12.0 Å². The minimum atomic E-state index is -0.237. The summed E-state index contributed by atoms with van der Waals surface area (Å²) >= 11 is 0. The molecule has 0 saturated heterocycles. The van der Waals surface area contributed by atoms with Crippen molar-refractivity contribution in [3.63, 3.8) is 0 Å². The molecular formula is C7H6N6. The van der Waals surface area contributed by atoms with Crippen LogP contribution in [0.5, 0.6) is 0 Å². The van der Waals surface area contributed by atoms with Gasteiger partial charge in [-0.25, -0.2) is 4.68 Å². The van der Waals surface area contributed by atoms with Gasteiger partial charge >= 0.3 is 0 Å². The molecule has 0 aromatic carbocycles. The van der Waals surface area contributed by atoms with Crippen LogP contribution < -0.4 is 5.32 Å². The molecule has 2 N–H and O–H groups in total. The topological polar surface area (TPSA) is 78.4 Å². The number of azo groups is 1. The Morgan fingerprint density at radius 2 is 2.46 bits per heavy atom. The first kappa shape index (κ1) is 6.53. The van der Waals surface area contributed by atoms with Gasteiger partial charge in [-0.2, -0.15) is 10.2 Å². The molecule has 1 atom stereocenters. The van der Waals surface area contributed by atoms with Gasteiger partial charge in [-0.3, -0.25) is 5.41 Å². The molecule has 1 aromatic heterocycles. The van der Waals surface area contributed by atoms with Gasteiger partial charge < -0.3 is 5.32 Å². The largest absolute Gasteiger partial charge is 0.346 e. The van der Waals surface area contributed by atoms with Crippen LogP contribution in [0.2, 0.25) is 0 Å². The highest BCUT2D eigenvalue weighted by molar-refractivity contribution is 5.99. The highest BCUT2D eigenvalue weighted by Crippen LogP contribution is 2.32. The Bertz CT molecular complexity index is 440. The van der Waals surface area contributed by atoms with Crippen LogP contribution >= 0.6 is 0 Å². The van der Waals surface area contributed by atoms with Gasteiger partial charge in [0, 0.05) is 12.3 Å². The van der Waals surface area contributed by atoms with Crippen LogP contribution in [0.25, 0.3) is 0 Å². The van der Waals surface area contributed by atoms with Crippen molar-refractivity contribution in [1.29, 1.82) is 5.41 Å². The minimum Gasteiger partial charge on any atom is -0.346 e. The van der Waals surface area contributed by atoms with Gasteiger partial charge in [0.1, 0.15) is 5.82 Å². The SMILES string of the molecule is N=C1N=NC2C1=CNc1ccnn12. The normalized spacial score (nSPS) is 23.5. The molecule has 0 bridgehead atoms. The molecular weight excluding hydrogens is 168 g/mol. The van der Waals surface area contributed by atoms with E-state index in [1.165, 1.54) is 0 Å². The summed E-state index contributed by atoms with van der Waals surface area (Å²) in [4.78, 5) is 0. The molecule has 0 fully saturated rings. The van der Waals surface area contributed by atoms with Crippen LogP contribution in [-0.2, 0) is 0 Å². The summed E-state index contributed by atoms with van der Waals surface area (Å²) in [5, 5.41) is 22.2. The second-order valence-corrected chi connectivity index (χ2v) is 2.84. The Hall–Kier alpha value is -1.98. The maximum absolute atomic E-state index is 7.46. The quantitative estimate of drug-likeness (QED) is 0.618. The Balaban J connectivity index is 2.18. The van der Waals surface area contributed by atoms with Crippen LogP contribution in [0.15, 0.2) is 34.3 Å². The van der Waals surface area contributed by atoms with Crippen LogP contribution in [-0.4, -0.2) is 15.6 Å². The second-order valence-electron chi connectivity index (χ2n) is 2.84. The van der Waals surface area contributed by atoms with E-state index >= 15 is 0 Å². The third-order valence-electron chi connectivity index (χ3n) is 2.10. The van der Waals surface area contributed by atoms with Gasteiger partial charge in [0.15, 0.2) is 12.0 Å².